The molecule has 120 valence electrons. The Morgan fingerprint density at radius 1 is 1.05 bits per heavy atom. The van der Waals surface area contributed by atoms with Gasteiger partial charge in [0.2, 0.25) is 0 Å². The van der Waals surface area contributed by atoms with Crippen LogP contribution in [-0.2, 0) is 9.53 Å². The summed E-state index contributed by atoms with van der Waals surface area (Å²) in [7, 11) is 0. The van der Waals surface area contributed by atoms with Gasteiger partial charge in [0.15, 0.2) is 0 Å². The van der Waals surface area contributed by atoms with E-state index in [1.54, 1.807) is 0 Å². The fourth-order valence-corrected chi connectivity index (χ4v) is 3.87. The van der Waals surface area contributed by atoms with Gasteiger partial charge in [-0.2, -0.15) is 0 Å². The van der Waals surface area contributed by atoms with Crippen LogP contribution in [0.5, 0.6) is 0 Å². The van der Waals surface area contributed by atoms with E-state index >= 15 is 0 Å². The highest BCUT2D eigenvalue weighted by Crippen LogP contribution is 2.44. The van der Waals surface area contributed by atoms with Gasteiger partial charge in [0, 0.05) is 5.41 Å². The van der Waals surface area contributed by atoms with Crippen molar-refractivity contribution >= 4 is 5.97 Å². The monoisotopic (exact) mass is 292 g/mol. The molecular formula is C19H32O2. The lowest BCUT2D eigenvalue weighted by Crippen LogP contribution is -2.28. The zero-order chi connectivity index (χ0) is 15.0. The van der Waals surface area contributed by atoms with Crippen LogP contribution in [0.1, 0.15) is 90.4 Å². The first-order valence-corrected chi connectivity index (χ1v) is 9.13. The summed E-state index contributed by atoms with van der Waals surface area (Å²) in [5, 5.41) is 0. The lowest BCUT2D eigenvalue weighted by molar-refractivity contribution is -0.140. The van der Waals surface area contributed by atoms with Crippen molar-refractivity contribution in [3.63, 3.8) is 0 Å². The summed E-state index contributed by atoms with van der Waals surface area (Å²) in [6.45, 7) is 2.22. The average molecular weight is 292 g/mol. The summed E-state index contributed by atoms with van der Waals surface area (Å²) in [6, 6.07) is 0. The van der Waals surface area contributed by atoms with E-state index in [1.165, 1.54) is 57.8 Å². The SMILES string of the molecule is CC[C@@]12CCCCCCCCCCC/C=C\[C@@H]1OC(=O)C2. The second kappa shape index (κ2) is 8.60. The van der Waals surface area contributed by atoms with E-state index < -0.39 is 0 Å². The van der Waals surface area contributed by atoms with E-state index in [0.29, 0.717) is 6.42 Å². The van der Waals surface area contributed by atoms with Crippen LogP contribution in [0.15, 0.2) is 12.2 Å². The van der Waals surface area contributed by atoms with Gasteiger partial charge in [-0.3, -0.25) is 4.79 Å². The molecule has 21 heavy (non-hydrogen) atoms. The zero-order valence-electron chi connectivity index (χ0n) is 13.7. The van der Waals surface area contributed by atoms with Crippen LogP contribution in [0.25, 0.3) is 0 Å². The van der Waals surface area contributed by atoms with E-state index in [4.69, 9.17) is 4.74 Å². The van der Waals surface area contributed by atoms with Gasteiger partial charge >= 0.3 is 5.97 Å². The van der Waals surface area contributed by atoms with Crippen molar-refractivity contribution < 1.29 is 9.53 Å². The Balaban J connectivity index is 1.99. The van der Waals surface area contributed by atoms with Crippen LogP contribution in [0, 0.1) is 5.41 Å². The maximum absolute atomic E-state index is 11.8. The number of esters is 1. The topological polar surface area (TPSA) is 26.3 Å². The molecule has 1 aliphatic carbocycles. The Bertz CT molecular complexity index is 347. The quantitative estimate of drug-likeness (QED) is 0.467. The predicted molar refractivity (Wildman–Crippen MR) is 87.1 cm³/mol. The first-order chi connectivity index (χ1) is 10.3. The molecule has 0 amide bonds. The molecule has 0 unspecified atom stereocenters. The third-order valence-corrected chi connectivity index (χ3v) is 5.42. The Labute approximate surface area is 130 Å². The fourth-order valence-electron chi connectivity index (χ4n) is 3.87. The summed E-state index contributed by atoms with van der Waals surface area (Å²) in [6.07, 6.45) is 20.5. The average Bonchev–Trinajstić information content (AvgIpc) is 2.79. The Morgan fingerprint density at radius 2 is 1.67 bits per heavy atom. The predicted octanol–water partition coefficient (Wildman–Crippen LogP) is 5.56. The molecule has 2 nitrogen and oxygen atoms in total. The van der Waals surface area contributed by atoms with Gasteiger partial charge in [-0.15, -0.1) is 0 Å². The normalized spacial score (nSPS) is 34.3. The molecule has 2 rings (SSSR count). The van der Waals surface area contributed by atoms with Gasteiger partial charge in [0.25, 0.3) is 0 Å². The van der Waals surface area contributed by atoms with E-state index in [0.717, 1.165) is 19.3 Å². The molecular weight excluding hydrogens is 260 g/mol. The van der Waals surface area contributed by atoms with Crippen LogP contribution in [0.2, 0.25) is 0 Å². The van der Waals surface area contributed by atoms with Crippen LogP contribution < -0.4 is 0 Å². The van der Waals surface area contributed by atoms with Gasteiger partial charge in [-0.1, -0.05) is 64.4 Å². The van der Waals surface area contributed by atoms with Crippen molar-refractivity contribution in [3.05, 3.63) is 12.2 Å². The summed E-state index contributed by atoms with van der Waals surface area (Å²) in [4.78, 5) is 11.8. The largest absolute Gasteiger partial charge is 0.457 e. The molecule has 0 spiro atoms. The molecule has 0 bridgehead atoms. The van der Waals surface area contributed by atoms with Gasteiger partial charge in [-0.25, -0.2) is 0 Å². The standard InChI is InChI=1S/C19H32O2/c1-2-19-15-13-11-9-7-5-3-4-6-8-10-12-14-17(19)21-18(20)16-19/h12,14,17H,2-11,13,15-16H2,1H3/b14-12-/t17-,19-/m0/s1. The van der Waals surface area contributed by atoms with Crippen LogP contribution in [-0.4, -0.2) is 12.1 Å². The number of rotatable bonds is 1. The molecule has 0 radical (unpaired) electrons. The van der Waals surface area contributed by atoms with Crippen molar-refractivity contribution in [2.24, 2.45) is 5.41 Å². The Hall–Kier alpha value is -0.790. The van der Waals surface area contributed by atoms with Crippen LogP contribution >= 0.6 is 0 Å². The smallest absolute Gasteiger partial charge is 0.307 e. The summed E-state index contributed by atoms with van der Waals surface area (Å²) >= 11 is 0. The third-order valence-electron chi connectivity index (χ3n) is 5.42. The van der Waals surface area contributed by atoms with Gasteiger partial charge in [-0.05, 0) is 31.8 Å². The number of carbonyl (C=O) groups is 1. The minimum Gasteiger partial charge on any atom is -0.457 e. The molecule has 0 N–H and O–H groups in total. The van der Waals surface area contributed by atoms with Crippen LogP contribution in [0.4, 0.5) is 0 Å². The number of carbonyl (C=O) groups excluding carboxylic acids is 1. The van der Waals surface area contributed by atoms with Gasteiger partial charge in [0.05, 0.1) is 6.42 Å². The first kappa shape index (κ1) is 16.6. The third kappa shape index (κ3) is 4.86. The number of allylic oxidation sites excluding steroid dienone is 1. The van der Waals surface area contributed by atoms with Crippen molar-refractivity contribution in [1.82, 2.24) is 0 Å². The van der Waals surface area contributed by atoms with Gasteiger partial charge < -0.3 is 4.74 Å². The number of hydrogen-bond donors (Lipinski definition) is 0. The number of ether oxygens (including phenoxy) is 1. The second-order valence-electron chi connectivity index (χ2n) is 6.95. The molecule has 2 heteroatoms. The van der Waals surface area contributed by atoms with E-state index in [9.17, 15) is 4.79 Å². The highest BCUT2D eigenvalue weighted by atomic mass is 16.6. The zero-order valence-corrected chi connectivity index (χ0v) is 13.7. The van der Waals surface area contributed by atoms with Gasteiger partial charge in [0.1, 0.15) is 6.10 Å². The minimum absolute atomic E-state index is 0.00705. The highest BCUT2D eigenvalue weighted by Gasteiger charge is 2.45. The highest BCUT2D eigenvalue weighted by molar-refractivity contribution is 5.73. The molecule has 0 aromatic rings. The molecule has 0 aromatic carbocycles. The Morgan fingerprint density at radius 3 is 2.33 bits per heavy atom. The van der Waals surface area contributed by atoms with Crippen molar-refractivity contribution in [3.8, 4) is 0 Å². The molecule has 1 fully saturated rings. The number of fused-ring (bicyclic) bond motifs is 1. The Kier molecular flexibility index (Phi) is 6.79. The van der Waals surface area contributed by atoms with E-state index in [2.05, 4.69) is 19.1 Å². The van der Waals surface area contributed by atoms with Crippen molar-refractivity contribution in [2.75, 3.05) is 0 Å². The molecule has 1 aliphatic heterocycles. The molecule has 1 saturated heterocycles. The lowest BCUT2D eigenvalue weighted by Gasteiger charge is -2.30. The van der Waals surface area contributed by atoms with Crippen molar-refractivity contribution in [1.29, 1.82) is 0 Å². The number of hydrogen-bond acceptors (Lipinski definition) is 2. The minimum atomic E-state index is 0.00705. The van der Waals surface area contributed by atoms with E-state index in [-0.39, 0.29) is 17.5 Å². The first-order valence-electron chi connectivity index (χ1n) is 9.13. The lowest BCUT2D eigenvalue weighted by atomic mass is 9.74. The molecule has 0 aromatic heterocycles. The van der Waals surface area contributed by atoms with E-state index in [1.807, 2.05) is 0 Å². The molecule has 2 aliphatic rings. The maximum atomic E-state index is 11.8. The van der Waals surface area contributed by atoms with Crippen LogP contribution in [0.3, 0.4) is 0 Å². The molecule has 2 atom stereocenters. The maximum Gasteiger partial charge on any atom is 0.307 e. The second-order valence-corrected chi connectivity index (χ2v) is 6.95. The fraction of sp³-hybridized carbons (Fsp3) is 0.842. The van der Waals surface area contributed by atoms with Crippen molar-refractivity contribution in [2.45, 2.75) is 96.5 Å². The summed E-state index contributed by atoms with van der Waals surface area (Å²) < 4.78 is 5.62. The molecule has 0 saturated carbocycles. The summed E-state index contributed by atoms with van der Waals surface area (Å²) in [5.74, 6) is 0.00705. The summed E-state index contributed by atoms with van der Waals surface area (Å²) in [5.41, 5.74) is 0.0771. The molecule has 1 heterocycles.